The van der Waals surface area contributed by atoms with Crippen molar-refractivity contribution >= 4 is 11.9 Å². The van der Waals surface area contributed by atoms with E-state index in [4.69, 9.17) is 14.2 Å². The number of aliphatic imine (C=N–C) groups is 1. The highest BCUT2D eigenvalue weighted by Gasteiger charge is 2.15. The number of hydrogen-bond donors (Lipinski definition) is 0. The van der Waals surface area contributed by atoms with Crippen molar-refractivity contribution in [1.82, 2.24) is 0 Å². The Kier molecular flexibility index (Phi) is 6.89. The summed E-state index contributed by atoms with van der Waals surface area (Å²) < 4.78 is 16.7. The maximum atomic E-state index is 5.81. The van der Waals surface area contributed by atoms with Crippen LogP contribution in [-0.4, -0.2) is 27.0 Å². The van der Waals surface area contributed by atoms with Crippen molar-refractivity contribution in [2.75, 3.05) is 20.8 Å². The van der Waals surface area contributed by atoms with Crippen LogP contribution in [0.25, 0.3) is 0 Å². The van der Waals surface area contributed by atoms with Gasteiger partial charge in [0.05, 0.1) is 20.8 Å². The molecule has 0 aliphatic rings. The summed E-state index contributed by atoms with van der Waals surface area (Å²) in [5.74, 6) is 2.66. The molecule has 0 aromatic heterocycles. The van der Waals surface area contributed by atoms with E-state index in [0.29, 0.717) is 18.3 Å². The maximum absolute atomic E-state index is 5.81. The maximum Gasteiger partial charge on any atom is 0.161 e. The topological polar surface area (TPSA) is 40.0 Å². The Morgan fingerprint density at radius 2 is 1.59 bits per heavy atom. The van der Waals surface area contributed by atoms with Crippen LogP contribution in [0.5, 0.6) is 17.2 Å². The molecule has 0 aliphatic heterocycles. The van der Waals surface area contributed by atoms with E-state index < -0.39 is 0 Å². The molecule has 0 amide bonds. The Labute approximate surface area is 163 Å². The van der Waals surface area contributed by atoms with E-state index in [1.54, 1.807) is 14.2 Å². The molecular formula is C23H31NO3. The van der Waals surface area contributed by atoms with Crippen molar-refractivity contribution in [3.05, 3.63) is 47.5 Å². The van der Waals surface area contributed by atoms with Gasteiger partial charge in [-0.25, -0.2) is 0 Å². The average molecular weight is 370 g/mol. The van der Waals surface area contributed by atoms with Gasteiger partial charge in [0.2, 0.25) is 0 Å². The molecule has 0 bridgehead atoms. The minimum absolute atomic E-state index is 0.0508. The van der Waals surface area contributed by atoms with Gasteiger partial charge < -0.3 is 14.2 Å². The third kappa shape index (κ3) is 5.75. The Hall–Kier alpha value is -2.49. The number of hydrogen-bond acceptors (Lipinski definition) is 4. The molecule has 0 fully saturated rings. The van der Waals surface area contributed by atoms with Gasteiger partial charge in [-0.1, -0.05) is 40.7 Å². The molecule has 0 spiro atoms. The summed E-state index contributed by atoms with van der Waals surface area (Å²) in [5.41, 5.74) is 3.01. The molecule has 0 saturated carbocycles. The first-order chi connectivity index (χ1) is 12.7. The zero-order valence-corrected chi connectivity index (χ0v) is 17.5. The number of ether oxygens (including phenoxy) is 3. The Bertz CT molecular complexity index is 789. The zero-order valence-electron chi connectivity index (χ0n) is 17.5. The smallest absolute Gasteiger partial charge is 0.161 e. The summed E-state index contributed by atoms with van der Waals surface area (Å²) in [4.78, 5) is 4.65. The molecule has 4 nitrogen and oxygen atoms in total. The van der Waals surface area contributed by atoms with Gasteiger partial charge in [0.25, 0.3) is 0 Å². The molecule has 0 aliphatic carbocycles. The van der Waals surface area contributed by atoms with Crippen LogP contribution >= 0.6 is 0 Å². The normalized spacial score (nSPS) is 11.9. The minimum atomic E-state index is 0.0508. The molecule has 0 N–H and O–H groups in total. The molecule has 2 aromatic rings. The van der Waals surface area contributed by atoms with Crippen molar-refractivity contribution in [3.8, 4) is 17.2 Å². The fraction of sp³-hybridized carbons (Fsp3) is 0.435. The SMILES string of the molecule is COc1ccc(C(C)(C)C)cc1N=Cc1ccc(OCC(C)C)c(OC)c1. The molecular weight excluding hydrogens is 338 g/mol. The quantitative estimate of drug-likeness (QED) is 0.580. The molecule has 27 heavy (non-hydrogen) atoms. The summed E-state index contributed by atoms with van der Waals surface area (Å²) in [6, 6.07) is 12.0. The molecule has 2 rings (SSSR count). The zero-order chi connectivity index (χ0) is 20.0. The van der Waals surface area contributed by atoms with Crippen molar-refractivity contribution < 1.29 is 14.2 Å². The largest absolute Gasteiger partial charge is 0.494 e. The number of nitrogens with zero attached hydrogens (tertiary/aromatic N) is 1. The number of rotatable bonds is 7. The Morgan fingerprint density at radius 1 is 0.926 bits per heavy atom. The van der Waals surface area contributed by atoms with Gasteiger partial charge in [-0.2, -0.15) is 0 Å². The molecule has 0 atom stereocenters. The molecule has 0 heterocycles. The standard InChI is InChI=1S/C23H31NO3/c1-16(2)15-27-21-10-8-17(12-22(21)26-7)14-24-19-13-18(23(3,4)5)9-11-20(19)25-6/h8-14,16H,15H2,1-7H3. The fourth-order valence-corrected chi connectivity index (χ4v) is 2.54. The lowest BCUT2D eigenvalue weighted by Crippen LogP contribution is -2.10. The summed E-state index contributed by atoms with van der Waals surface area (Å²) in [7, 11) is 3.31. The molecule has 4 heteroatoms. The highest BCUT2D eigenvalue weighted by molar-refractivity contribution is 5.84. The third-order valence-electron chi connectivity index (χ3n) is 4.16. The van der Waals surface area contributed by atoms with Crippen molar-refractivity contribution in [3.63, 3.8) is 0 Å². The highest BCUT2D eigenvalue weighted by Crippen LogP contribution is 2.34. The Morgan fingerprint density at radius 3 is 2.19 bits per heavy atom. The predicted molar refractivity (Wildman–Crippen MR) is 112 cm³/mol. The van der Waals surface area contributed by atoms with Crippen LogP contribution in [0.2, 0.25) is 0 Å². The first-order valence-corrected chi connectivity index (χ1v) is 9.28. The van der Waals surface area contributed by atoms with Gasteiger partial charge in [0, 0.05) is 6.21 Å². The van der Waals surface area contributed by atoms with Crippen LogP contribution in [0.4, 0.5) is 5.69 Å². The molecule has 146 valence electrons. The number of methoxy groups -OCH3 is 2. The van der Waals surface area contributed by atoms with Gasteiger partial charge in [-0.15, -0.1) is 0 Å². The second-order valence-corrected chi connectivity index (χ2v) is 8.01. The van der Waals surface area contributed by atoms with Gasteiger partial charge >= 0.3 is 0 Å². The lowest BCUT2D eigenvalue weighted by molar-refractivity contribution is 0.257. The van der Waals surface area contributed by atoms with E-state index in [0.717, 1.165) is 22.7 Å². The van der Waals surface area contributed by atoms with E-state index >= 15 is 0 Å². The van der Waals surface area contributed by atoms with Gasteiger partial charge in [0.15, 0.2) is 11.5 Å². The fourth-order valence-electron chi connectivity index (χ4n) is 2.54. The second-order valence-electron chi connectivity index (χ2n) is 8.01. The van der Waals surface area contributed by atoms with Crippen LogP contribution in [-0.2, 0) is 5.41 Å². The highest BCUT2D eigenvalue weighted by atomic mass is 16.5. The first kappa shape index (κ1) is 20.8. The van der Waals surface area contributed by atoms with E-state index in [2.05, 4.69) is 51.7 Å². The van der Waals surface area contributed by atoms with Gasteiger partial charge in [-0.3, -0.25) is 4.99 Å². The van der Waals surface area contributed by atoms with Crippen LogP contribution < -0.4 is 14.2 Å². The summed E-state index contributed by atoms with van der Waals surface area (Å²) in [6.45, 7) is 11.4. The van der Waals surface area contributed by atoms with Crippen LogP contribution in [0.15, 0.2) is 41.4 Å². The van der Waals surface area contributed by atoms with E-state index in [1.165, 1.54) is 5.56 Å². The van der Waals surface area contributed by atoms with Crippen molar-refractivity contribution in [2.24, 2.45) is 10.9 Å². The predicted octanol–water partition coefficient (Wildman–Crippen LogP) is 5.79. The monoisotopic (exact) mass is 369 g/mol. The second kappa shape index (κ2) is 8.94. The van der Waals surface area contributed by atoms with Crippen molar-refractivity contribution in [1.29, 1.82) is 0 Å². The molecule has 0 radical (unpaired) electrons. The lowest BCUT2D eigenvalue weighted by Gasteiger charge is -2.20. The molecule has 0 unspecified atom stereocenters. The van der Waals surface area contributed by atoms with Gasteiger partial charge in [-0.05, 0) is 52.8 Å². The van der Waals surface area contributed by atoms with Gasteiger partial charge in [0.1, 0.15) is 11.4 Å². The Balaban J connectivity index is 2.29. The summed E-state index contributed by atoms with van der Waals surface area (Å²) >= 11 is 0. The molecule has 2 aromatic carbocycles. The van der Waals surface area contributed by atoms with Crippen molar-refractivity contribution in [2.45, 2.75) is 40.0 Å². The van der Waals surface area contributed by atoms with Crippen LogP contribution in [0, 0.1) is 5.92 Å². The minimum Gasteiger partial charge on any atom is -0.494 e. The average Bonchev–Trinajstić information content (AvgIpc) is 2.63. The van der Waals surface area contributed by atoms with Crippen LogP contribution in [0.3, 0.4) is 0 Å². The van der Waals surface area contributed by atoms with E-state index in [-0.39, 0.29) is 5.41 Å². The third-order valence-corrected chi connectivity index (χ3v) is 4.16. The number of benzene rings is 2. The lowest BCUT2D eigenvalue weighted by atomic mass is 9.87. The summed E-state index contributed by atoms with van der Waals surface area (Å²) in [5, 5.41) is 0. The van der Waals surface area contributed by atoms with E-state index in [1.807, 2.05) is 30.5 Å². The summed E-state index contributed by atoms with van der Waals surface area (Å²) in [6.07, 6.45) is 1.82. The first-order valence-electron chi connectivity index (χ1n) is 9.28. The van der Waals surface area contributed by atoms with E-state index in [9.17, 15) is 0 Å². The molecule has 0 saturated heterocycles. The van der Waals surface area contributed by atoms with Crippen LogP contribution in [0.1, 0.15) is 45.7 Å².